The summed E-state index contributed by atoms with van der Waals surface area (Å²) in [4.78, 5) is 41.0. The predicted octanol–water partition coefficient (Wildman–Crippen LogP) is 3.18. The van der Waals surface area contributed by atoms with Gasteiger partial charge in [0.15, 0.2) is 0 Å². The Kier molecular flexibility index (Phi) is 4.56. The number of carbonyl (C=O) groups excluding carboxylic acids is 3. The summed E-state index contributed by atoms with van der Waals surface area (Å²) in [5.74, 6) is -4.04. The first-order valence-corrected chi connectivity index (χ1v) is 7.50. The van der Waals surface area contributed by atoms with E-state index in [1.54, 1.807) is 30.3 Å². The first kappa shape index (κ1) is 16.8. The van der Waals surface area contributed by atoms with E-state index in [2.05, 4.69) is 0 Å². The van der Waals surface area contributed by atoms with Gasteiger partial charge in [-0.3, -0.25) is 9.59 Å². The molecule has 128 valence electrons. The normalized spacial score (nSPS) is 14.6. The molecule has 5 nitrogen and oxygen atoms in total. The van der Waals surface area contributed by atoms with Crippen molar-refractivity contribution in [2.45, 2.75) is 18.8 Å². The van der Waals surface area contributed by atoms with Crippen LogP contribution in [0.25, 0.3) is 0 Å². The highest BCUT2D eigenvalue weighted by Crippen LogP contribution is 2.28. The molecule has 1 heterocycles. The molecule has 0 saturated carbocycles. The Morgan fingerprint density at radius 2 is 1.44 bits per heavy atom. The highest BCUT2D eigenvalue weighted by molar-refractivity contribution is 6.20. The summed E-state index contributed by atoms with van der Waals surface area (Å²) in [5.41, 5.74) is 0.486. The molecule has 0 bridgehead atoms. The van der Waals surface area contributed by atoms with E-state index < -0.39 is 36.5 Å². The van der Waals surface area contributed by atoms with Gasteiger partial charge < -0.3 is 4.84 Å². The fourth-order valence-electron chi connectivity index (χ4n) is 2.62. The third-order valence-corrected chi connectivity index (χ3v) is 3.87. The molecule has 7 heteroatoms. The van der Waals surface area contributed by atoms with Gasteiger partial charge in [-0.25, -0.2) is 13.6 Å². The number of halogens is 2. The van der Waals surface area contributed by atoms with Gasteiger partial charge >= 0.3 is 5.97 Å². The SMILES string of the molecule is O=C(CC(c1ccccc1)C(F)F)ON1C(=O)c2ccccc2C1=O. The zero-order valence-electron chi connectivity index (χ0n) is 12.9. The van der Waals surface area contributed by atoms with Crippen LogP contribution in [0.4, 0.5) is 8.78 Å². The Hall–Kier alpha value is -3.09. The van der Waals surface area contributed by atoms with Gasteiger partial charge in [0, 0.05) is 0 Å². The average molecular weight is 345 g/mol. The molecule has 0 radical (unpaired) electrons. The fraction of sp³-hybridized carbons (Fsp3) is 0.167. The summed E-state index contributed by atoms with van der Waals surface area (Å²) in [6, 6.07) is 13.8. The molecule has 2 amide bonds. The molecule has 0 aromatic heterocycles. The van der Waals surface area contributed by atoms with Gasteiger partial charge in [-0.1, -0.05) is 47.5 Å². The Morgan fingerprint density at radius 3 is 1.96 bits per heavy atom. The number of hydroxylamine groups is 2. The van der Waals surface area contributed by atoms with Crippen LogP contribution < -0.4 is 0 Å². The maximum absolute atomic E-state index is 13.3. The largest absolute Gasteiger partial charge is 0.334 e. The number of imide groups is 1. The number of hydrogen-bond acceptors (Lipinski definition) is 4. The van der Waals surface area contributed by atoms with Gasteiger partial charge in [0.2, 0.25) is 6.43 Å². The number of benzene rings is 2. The van der Waals surface area contributed by atoms with Crippen LogP contribution >= 0.6 is 0 Å². The second-order valence-electron chi connectivity index (χ2n) is 5.47. The van der Waals surface area contributed by atoms with Crippen molar-refractivity contribution in [3.05, 3.63) is 71.3 Å². The Balaban J connectivity index is 1.73. The number of nitrogens with zero attached hydrogens (tertiary/aromatic N) is 1. The van der Waals surface area contributed by atoms with E-state index in [-0.39, 0.29) is 16.7 Å². The molecule has 0 spiro atoms. The number of carbonyl (C=O) groups is 3. The minimum atomic E-state index is -2.79. The van der Waals surface area contributed by atoms with Gasteiger partial charge in [-0.05, 0) is 17.7 Å². The van der Waals surface area contributed by atoms with Crippen LogP contribution in [-0.2, 0) is 9.63 Å². The van der Waals surface area contributed by atoms with E-state index in [0.29, 0.717) is 5.06 Å². The third kappa shape index (κ3) is 3.26. The lowest BCUT2D eigenvalue weighted by atomic mass is 9.96. The van der Waals surface area contributed by atoms with Crippen LogP contribution in [0, 0.1) is 0 Å². The highest BCUT2D eigenvalue weighted by atomic mass is 19.3. The molecule has 2 aromatic carbocycles. The molecule has 25 heavy (non-hydrogen) atoms. The summed E-state index contributed by atoms with van der Waals surface area (Å²) >= 11 is 0. The first-order valence-electron chi connectivity index (χ1n) is 7.50. The zero-order valence-corrected chi connectivity index (χ0v) is 12.9. The smallest absolute Gasteiger partial charge is 0.330 e. The van der Waals surface area contributed by atoms with E-state index in [4.69, 9.17) is 4.84 Å². The third-order valence-electron chi connectivity index (χ3n) is 3.87. The van der Waals surface area contributed by atoms with Gasteiger partial charge in [0.25, 0.3) is 11.8 Å². The molecule has 0 aliphatic carbocycles. The van der Waals surface area contributed by atoms with Crippen molar-refractivity contribution in [2.75, 3.05) is 0 Å². The van der Waals surface area contributed by atoms with E-state index in [0.717, 1.165) is 0 Å². The number of rotatable bonds is 5. The summed E-state index contributed by atoms with van der Waals surface area (Å²) in [7, 11) is 0. The summed E-state index contributed by atoms with van der Waals surface area (Å²) in [5, 5.41) is 0.320. The van der Waals surface area contributed by atoms with Crippen LogP contribution in [0.1, 0.15) is 38.6 Å². The molecule has 1 unspecified atom stereocenters. The number of hydrogen-bond donors (Lipinski definition) is 0. The summed E-state index contributed by atoms with van der Waals surface area (Å²) in [6.07, 6.45) is -3.45. The first-order chi connectivity index (χ1) is 12.0. The molecule has 1 aliphatic rings. The van der Waals surface area contributed by atoms with Crippen LogP contribution in [0.2, 0.25) is 0 Å². The molecular formula is C18H13F2NO4. The van der Waals surface area contributed by atoms with Gasteiger partial charge in [-0.2, -0.15) is 0 Å². The maximum atomic E-state index is 13.3. The van der Waals surface area contributed by atoms with Crippen LogP contribution in [-0.4, -0.2) is 29.3 Å². The highest BCUT2D eigenvalue weighted by Gasteiger charge is 2.39. The quantitative estimate of drug-likeness (QED) is 0.781. The summed E-state index contributed by atoms with van der Waals surface area (Å²) in [6.45, 7) is 0. The monoisotopic (exact) mass is 345 g/mol. The van der Waals surface area contributed by atoms with Crippen molar-refractivity contribution in [3.8, 4) is 0 Å². The Morgan fingerprint density at radius 1 is 0.920 bits per heavy atom. The van der Waals surface area contributed by atoms with E-state index >= 15 is 0 Å². The molecule has 0 fully saturated rings. The van der Waals surface area contributed by atoms with E-state index in [9.17, 15) is 23.2 Å². The van der Waals surface area contributed by atoms with Crippen molar-refractivity contribution >= 4 is 17.8 Å². The molecule has 2 aromatic rings. The molecule has 1 atom stereocenters. The summed E-state index contributed by atoms with van der Waals surface area (Å²) < 4.78 is 26.5. The van der Waals surface area contributed by atoms with Crippen molar-refractivity contribution in [1.82, 2.24) is 5.06 Å². The number of fused-ring (bicyclic) bond motifs is 1. The average Bonchev–Trinajstić information content (AvgIpc) is 2.85. The number of amides is 2. The van der Waals surface area contributed by atoms with Crippen molar-refractivity contribution < 1.29 is 28.0 Å². The standard InChI is InChI=1S/C18H13F2NO4/c19-16(20)14(11-6-2-1-3-7-11)10-15(22)25-21-17(23)12-8-4-5-9-13(12)18(21)24/h1-9,14,16H,10H2. The number of alkyl halides is 2. The molecule has 3 rings (SSSR count). The maximum Gasteiger partial charge on any atom is 0.334 e. The lowest BCUT2D eigenvalue weighted by molar-refractivity contribution is -0.169. The van der Waals surface area contributed by atoms with E-state index in [1.807, 2.05) is 0 Å². The molecular weight excluding hydrogens is 332 g/mol. The topological polar surface area (TPSA) is 63.7 Å². The minimum absolute atomic E-state index is 0.105. The zero-order chi connectivity index (χ0) is 18.0. The van der Waals surface area contributed by atoms with Gasteiger partial charge in [0.1, 0.15) is 0 Å². The van der Waals surface area contributed by atoms with Crippen LogP contribution in [0.3, 0.4) is 0 Å². The fourth-order valence-corrected chi connectivity index (χ4v) is 2.62. The van der Waals surface area contributed by atoms with Crippen molar-refractivity contribution in [3.63, 3.8) is 0 Å². The molecule has 0 saturated heterocycles. The minimum Gasteiger partial charge on any atom is -0.330 e. The van der Waals surface area contributed by atoms with Gasteiger partial charge in [0.05, 0.1) is 23.5 Å². The van der Waals surface area contributed by atoms with Crippen LogP contribution in [0.15, 0.2) is 54.6 Å². The second-order valence-corrected chi connectivity index (χ2v) is 5.47. The molecule has 0 N–H and O–H groups in total. The molecule has 1 aliphatic heterocycles. The van der Waals surface area contributed by atoms with Gasteiger partial charge in [-0.15, -0.1) is 0 Å². The predicted molar refractivity (Wildman–Crippen MR) is 82.8 cm³/mol. The lowest BCUT2D eigenvalue weighted by Crippen LogP contribution is -2.33. The van der Waals surface area contributed by atoms with Crippen molar-refractivity contribution in [1.29, 1.82) is 0 Å². The van der Waals surface area contributed by atoms with Crippen molar-refractivity contribution in [2.24, 2.45) is 0 Å². The lowest BCUT2D eigenvalue weighted by Gasteiger charge is -2.17. The second kappa shape index (κ2) is 6.80. The Labute approximate surface area is 141 Å². The van der Waals surface area contributed by atoms with Crippen LogP contribution in [0.5, 0.6) is 0 Å². The van der Waals surface area contributed by atoms with E-state index in [1.165, 1.54) is 24.3 Å². The Bertz CT molecular complexity index is 788.